The number of anilines is 1. The SMILES string of the molecule is CCC(=N)c1ccc(S(C)(=O)=O)cc1N. The molecule has 0 bridgehead atoms. The lowest BCUT2D eigenvalue weighted by Gasteiger charge is -2.07. The number of hydrogen-bond acceptors (Lipinski definition) is 4. The third-order valence-corrected chi connectivity index (χ3v) is 3.24. The largest absolute Gasteiger partial charge is 0.398 e. The minimum absolute atomic E-state index is 0.188. The van der Waals surface area contributed by atoms with Gasteiger partial charge in [0.2, 0.25) is 0 Å². The van der Waals surface area contributed by atoms with Crippen molar-refractivity contribution in [3.05, 3.63) is 23.8 Å². The lowest BCUT2D eigenvalue weighted by Crippen LogP contribution is -2.05. The minimum Gasteiger partial charge on any atom is -0.398 e. The van der Waals surface area contributed by atoms with Gasteiger partial charge in [0.1, 0.15) is 0 Å². The van der Waals surface area contributed by atoms with Gasteiger partial charge < -0.3 is 11.1 Å². The molecule has 4 nitrogen and oxygen atoms in total. The van der Waals surface area contributed by atoms with E-state index < -0.39 is 9.84 Å². The summed E-state index contributed by atoms with van der Waals surface area (Å²) < 4.78 is 22.5. The van der Waals surface area contributed by atoms with Gasteiger partial charge in [0.05, 0.1) is 4.90 Å². The Labute approximate surface area is 89.5 Å². The Kier molecular flexibility index (Phi) is 3.14. The number of benzene rings is 1. The van der Waals surface area contributed by atoms with Crippen LogP contribution in [-0.4, -0.2) is 20.4 Å². The van der Waals surface area contributed by atoms with E-state index in [-0.39, 0.29) is 4.90 Å². The molecule has 0 fully saturated rings. The standard InChI is InChI=1S/C10H14N2O2S/c1-3-9(11)8-5-4-7(6-10(8)12)15(2,13)14/h4-6,11H,3,12H2,1-2H3. The van der Waals surface area contributed by atoms with Gasteiger partial charge in [-0.05, 0) is 24.6 Å². The molecule has 0 saturated carbocycles. The van der Waals surface area contributed by atoms with Crippen LogP contribution in [0.1, 0.15) is 18.9 Å². The van der Waals surface area contributed by atoms with E-state index in [2.05, 4.69) is 0 Å². The molecule has 82 valence electrons. The lowest BCUT2D eigenvalue weighted by atomic mass is 10.1. The summed E-state index contributed by atoms with van der Waals surface area (Å²) in [4.78, 5) is 0.188. The summed E-state index contributed by atoms with van der Waals surface area (Å²) in [5.74, 6) is 0. The molecule has 0 aliphatic rings. The third kappa shape index (κ3) is 2.56. The molecule has 0 unspecified atom stereocenters. The van der Waals surface area contributed by atoms with Crippen LogP contribution < -0.4 is 5.73 Å². The van der Waals surface area contributed by atoms with Crippen molar-refractivity contribution in [1.82, 2.24) is 0 Å². The Morgan fingerprint density at radius 1 is 1.47 bits per heavy atom. The zero-order valence-corrected chi connectivity index (χ0v) is 9.56. The summed E-state index contributed by atoms with van der Waals surface area (Å²) in [7, 11) is -3.22. The third-order valence-electron chi connectivity index (χ3n) is 2.13. The van der Waals surface area contributed by atoms with Crippen LogP contribution in [-0.2, 0) is 9.84 Å². The highest BCUT2D eigenvalue weighted by Crippen LogP contribution is 2.19. The molecular formula is C10H14N2O2S. The number of sulfone groups is 1. The Hall–Kier alpha value is -1.36. The summed E-state index contributed by atoms with van der Waals surface area (Å²) >= 11 is 0. The molecular weight excluding hydrogens is 212 g/mol. The first-order valence-electron chi connectivity index (χ1n) is 4.53. The molecule has 15 heavy (non-hydrogen) atoms. The first kappa shape index (κ1) is 11.7. The van der Waals surface area contributed by atoms with E-state index in [0.29, 0.717) is 23.4 Å². The van der Waals surface area contributed by atoms with Gasteiger partial charge in [-0.1, -0.05) is 6.92 Å². The van der Waals surface area contributed by atoms with E-state index in [4.69, 9.17) is 11.1 Å². The van der Waals surface area contributed by atoms with Crippen LogP contribution in [0.3, 0.4) is 0 Å². The van der Waals surface area contributed by atoms with Crippen LogP contribution in [0.5, 0.6) is 0 Å². The first-order valence-corrected chi connectivity index (χ1v) is 6.42. The molecule has 0 aromatic heterocycles. The van der Waals surface area contributed by atoms with Crippen LogP contribution in [0.4, 0.5) is 5.69 Å². The molecule has 1 rings (SSSR count). The maximum absolute atomic E-state index is 11.2. The van der Waals surface area contributed by atoms with Crippen LogP contribution >= 0.6 is 0 Å². The Bertz CT molecular complexity index is 492. The monoisotopic (exact) mass is 226 g/mol. The zero-order valence-electron chi connectivity index (χ0n) is 8.74. The normalized spacial score (nSPS) is 11.3. The van der Waals surface area contributed by atoms with Crippen LogP contribution in [0.2, 0.25) is 0 Å². The van der Waals surface area contributed by atoms with Crippen molar-refractivity contribution >= 4 is 21.2 Å². The summed E-state index contributed by atoms with van der Waals surface area (Å²) in [5, 5.41) is 7.62. The summed E-state index contributed by atoms with van der Waals surface area (Å²) in [6.07, 6.45) is 1.70. The quantitative estimate of drug-likeness (QED) is 0.604. The van der Waals surface area contributed by atoms with Gasteiger partial charge in [0.15, 0.2) is 9.84 Å². The second-order valence-corrected chi connectivity index (χ2v) is 5.37. The molecule has 0 amide bonds. The van der Waals surface area contributed by atoms with E-state index in [1.807, 2.05) is 6.92 Å². The Morgan fingerprint density at radius 3 is 2.47 bits per heavy atom. The Morgan fingerprint density at radius 2 is 2.07 bits per heavy atom. The number of hydrogen-bond donors (Lipinski definition) is 2. The fourth-order valence-electron chi connectivity index (χ4n) is 1.24. The molecule has 0 aliphatic carbocycles. The van der Waals surface area contributed by atoms with Crippen molar-refractivity contribution in [2.24, 2.45) is 0 Å². The second-order valence-electron chi connectivity index (χ2n) is 3.35. The van der Waals surface area contributed by atoms with Gasteiger partial charge >= 0.3 is 0 Å². The highest BCUT2D eigenvalue weighted by Gasteiger charge is 2.10. The molecule has 0 radical (unpaired) electrons. The van der Waals surface area contributed by atoms with Crippen LogP contribution in [0, 0.1) is 5.41 Å². The summed E-state index contributed by atoms with van der Waals surface area (Å²) in [6, 6.07) is 4.46. The number of nitrogens with two attached hydrogens (primary N) is 1. The van der Waals surface area contributed by atoms with E-state index in [1.165, 1.54) is 12.1 Å². The lowest BCUT2D eigenvalue weighted by molar-refractivity contribution is 0.602. The van der Waals surface area contributed by atoms with E-state index in [1.54, 1.807) is 6.07 Å². The first-order chi connectivity index (χ1) is 6.86. The van der Waals surface area contributed by atoms with E-state index in [0.717, 1.165) is 6.26 Å². The van der Waals surface area contributed by atoms with E-state index in [9.17, 15) is 8.42 Å². The van der Waals surface area contributed by atoms with Crippen molar-refractivity contribution in [1.29, 1.82) is 5.41 Å². The van der Waals surface area contributed by atoms with Crippen molar-refractivity contribution in [3.8, 4) is 0 Å². The van der Waals surface area contributed by atoms with Crippen molar-refractivity contribution in [2.75, 3.05) is 12.0 Å². The summed E-state index contributed by atoms with van der Waals surface area (Å²) in [6.45, 7) is 1.85. The van der Waals surface area contributed by atoms with Crippen molar-refractivity contribution < 1.29 is 8.42 Å². The van der Waals surface area contributed by atoms with Crippen LogP contribution in [0.25, 0.3) is 0 Å². The predicted octanol–water partition coefficient (Wildman–Crippen LogP) is 1.45. The van der Waals surface area contributed by atoms with Gasteiger partial charge in [-0.3, -0.25) is 0 Å². The highest BCUT2D eigenvalue weighted by atomic mass is 32.2. The topological polar surface area (TPSA) is 84.0 Å². The molecule has 3 N–H and O–H groups in total. The van der Waals surface area contributed by atoms with Gasteiger partial charge in [0.25, 0.3) is 0 Å². The molecule has 1 aromatic carbocycles. The molecule has 0 saturated heterocycles. The molecule has 0 heterocycles. The second kappa shape index (κ2) is 4.02. The minimum atomic E-state index is -3.22. The summed E-state index contributed by atoms with van der Waals surface area (Å²) in [5.41, 5.74) is 7.04. The van der Waals surface area contributed by atoms with Gasteiger partial charge in [0, 0.05) is 23.2 Å². The fourth-order valence-corrected chi connectivity index (χ4v) is 1.89. The number of nitrogens with one attached hydrogen (secondary N) is 1. The number of nitrogen functional groups attached to an aromatic ring is 1. The molecule has 0 atom stereocenters. The zero-order chi connectivity index (χ0) is 11.6. The molecule has 0 spiro atoms. The van der Waals surface area contributed by atoms with Gasteiger partial charge in [-0.2, -0.15) is 0 Å². The average Bonchev–Trinajstić information content (AvgIpc) is 2.15. The van der Waals surface area contributed by atoms with E-state index >= 15 is 0 Å². The maximum atomic E-state index is 11.2. The maximum Gasteiger partial charge on any atom is 0.175 e. The molecule has 1 aromatic rings. The smallest absolute Gasteiger partial charge is 0.175 e. The highest BCUT2D eigenvalue weighted by molar-refractivity contribution is 7.90. The average molecular weight is 226 g/mol. The molecule has 5 heteroatoms. The van der Waals surface area contributed by atoms with Gasteiger partial charge in [-0.15, -0.1) is 0 Å². The fraction of sp³-hybridized carbons (Fsp3) is 0.300. The predicted molar refractivity (Wildman–Crippen MR) is 61.1 cm³/mol. The van der Waals surface area contributed by atoms with Crippen molar-refractivity contribution in [2.45, 2.75) is 18.2 Å². The molecule has 0 aliphatic heterocycles. The van der Waals surface area contributed by atoms with Gasteiger partial charge in [-0.25, -0.2) is 8.42 Å². The number of rotatable bonds is 3. The van der Waals surface area contributed by atoms with Crippen LogP contribution in [0.15, 0.2) is 23.1 Å². The Balaban J connectivity index is 3.27. The van der Waals surface area contributed by atoms with Crippen molar-refractivity contribution in [3.63, 3.8) is 0 Å².